The molecular weight excluding hydrogens is 456 g/mol. The number of rotatable bonds is 8. The van der Waals surface area contributed by atoms with Crippen molar-refractivity contribution in [2.24, 2.45) is 5.73 Å². The van der Waals surface area contributed by atoms with Gasteiger partial charge in [-0.05, 0) is 55.2 Å². The Morgan fingerprint density at radius 1 is 1.03 bits per heavy atom. The van der Waals surface area contributed by atoms with E-state index in [-0.39, 0.29) is 12.5 Å². The molecule has 0 fully saturated rings. The Morgan fingerprint density at radius 3 is 2.39 bits per heavy atom. The van der Waals surface area contributed by atoms with Crippen molar-refractivity contribution in [3.63, 3.8) is 0 Å². The molecule has 184 valence electrons. The Kier molecular flexibility index (Phi) is 7.45. The van der Waals surface area contributed by atoms with Gasteiger partial charge >= 0.3 is 5.97 Å². The number of para-hydroxylation sites is 1. The molecule has 3 aromatic rings. The number of nitrogens with two attached hydrogens (primary N) is 1. The molecule has 7 heteroatoms. The second kappa shape index (κ2) is 10.9. The SMILES string of the molecule is CCCOc1ccc(C2C(C#N)=C(N)Oc3cc(OC(=O)COc4c(C)cccc4C)ccc32)cc1. The first-order valence-electron chi connectivity index (χ1n) is 11.7. The van der Waals surface area contributed by atoms with Gasteiger partial charge in [-0.15, -0.1) is 0 Å². The van der Waals surface area contributed by atoms with E-state index >= 15 is 0 Å². The highest BCUT2D eigenvalue weighted by Crippen LogP contribution is 2.43. The summed E-state index contributed by atoms with van der Waals surface area (Å²) < 4.78 is 22.6. The van der Waals surface area contributed by atoms with Crippen LogP contribution in [0.5, 0.6) is 23.0 Å². The van der Waals surface area contributed by atoms with E-state index in [0.29, 0.717) is 29.4 Å². The van der Waals surface area contributed by atoms with Gasteiger partial charge in [0.15, 0.2) is 6.61 Å². The molecular formula is C29H28N2O5. The normalized spacial score (nSPS) is 14.3. The van der Waals surface area contributed by atoms with Gasteiger partial charge in [0, 0.05) is 11.6 Å². The number of carbonyl (C=O) groups excluding carboxylic acids is 1. The van der Waals surface area contributed by atoms with Gasteiger partial charge < -0.3 is 24.7 Å². The number of nitriles is 1. The van der Waals surface area contributed by atoms with Crippen molar-refractivity contribution in [3.05, 3.63) is 94.4 Å². The van der Waals surface area contributed by atoms with Crippen molar-refractivity contribution in [3.8, 4) is 29.1 Å². The molecule has 1 aliphatic heterocycles. The Balaban J connectivity index is 1.53. The van der Waals surface area contributed by atoms with Crippen molar-refractivity contribution >= 4 is 5.97 Å². The summed E-state index contributed by atoms with van der Waals surface area (Å²) in [7, 11) is 0. The lowest BCUT2D eigenvalue weighted by atomic mass is 9.83. The highest BCUT2D eigenvalue weighted by Gasteiger charge is 2.31. The van der Waals surface area contributed by atoms with E-state index in [0.717, 1.165) is 34.4 Å². The summed E-state index contributed by atoms with van der Waals surface area (Å²) in [5.41, 5.74) is 9.92. The molecule has 0 aromatic heterocycles. The van der Waals surface area contributed by atoms with E-state index in [2.05, 4.69) is 6.07 Å². The van der Waals surface area contributed by atoms with Crippen LogP contribution in [-0.4, -0.2) is 19.2 Å². The zero-order valence-corrected chi connectivity index (χ0v) is 20.5. The van der Waals surface area contributed by atoms with Crippen LogP contribution in [0.25, 0.3) is 0 Å². The zero-order valence-electron chi connectivity index (χ0n) is 20.5. The number of carbonyl (C=O) groups is 1. The third-order valence-corrected chi connectivity index (χ3v) is 5.85. The quantitative estimate of drug-likeness (QED) is 0.342. The predicted octanol–water partition coefficient (Wildman–Crippen LogP) is 5.29. The molecule has 36 heavy (non-hydrogen) atoms. The first-order valence-corrected chi connectivity index (χ1v) is 11.7. The maximum absolute atomic E-state index is 12.5. The predicted molar refractivity (Wildman–Crippen MR) is 135 cm³/mol. The number of benzene rings is 3. The minimum atomic E-state index is -0.547. The molecule has 0 saturated carbocycles. The van der Waals surface area contributed by atoms with Gasteiger partial charge in [-0.1, -0.05) is 43.3 Å². The Bertz CT molecular complexity index is 1320. The Morgan fingerprint density at radius 2 is 1.72 bits per heavy atom. The van der Waals surface area contributed by atoms with Crippen molar-refractivity contribution in [2.75, 3.05) is 13.2 Å². The molecule has 4 rings (SSSR count). The molecule has 0 bridgehead atoms. The number of fused-ring (bicyclic) bond motifs is 1. The molecule has 1 heterocycles. The fourth-order valence-electron chi connectivity index (χ4n) is 4.14. The van der Waals surface area contributed by atoms with Crippen molar-refractivity contribution < 1.29 is 23.7 Å². The monoisotopic (exact) mass is 484 g/mol. The van der Waals surface area contributed by atoms with E-state index in [4.69, 9.17) is 24.7 Å². The van der Waals surface area contributed by atoms with Crippen molar-refractivity contribution in [1.29, 1.82) is 5.26 Å². The number of ether oxygens (including phenoxy) is 4. The van der Waals surface area contributed by atoms with Gasteiger partial charge in [-0.2, -0.15) is 5.26 Å². The summed E-state index contributed by atoms with van der Waals surface area (Å²) in [6, 6.07) is 20.6. The first-order chi connectivity index (χ1) is 17.4. The summed E-state index contributed by atoms with van der Waals surface area (Å²) in [6.45, 7) is 6.28. The minimum absolute atomic E-state index is 0.0168. The zero-order chi connectivity index (χ0) is 25.7. The standard InChI is InChI=1S/C29H28N2O5/c1-4-14-33-21-10-8-20(9-11-21)27-23-13-12-22(15-25(23)36-29(31)24(27)16-30)35-26(32)17-34-28-18(2)6-5-7-19(28)3/h5-13,15,27H,4,14,17,31H2,1-3H3. The van der Waals surface area contributed by atoms with Crippen LogP contribution in [0.3, 0.4) is 0 Å². The number of nitrogens with zero attached hydrogens (tertiary/aromatic N) is 1. The average Bonchev–Trinajstić information content (AvgIpc) is 2.86. The maximum atomic E-state index is 12.5. The van der Waals surface area contributed by atoms with Gasteiger partial charge in [-0.25, -0.2) is 4.79 Å². The van der Waals surface area contributed by atoms with Crippen LogP contribution >= 0.6 is 0 Å². The number of allylic oxidation sites excluding steroid dienone is 1. The second-order valence-electron chi connectivity index (χ2n) is 8.53. The van der Waals surface area contributed by atoms with Gasteiger partial charge in [0.25, 0.3) is 0 Å². The molecule has 0 radical (unpaired) electrons. The number of aryl methyl sites for hydroxylation is 2. The number of hydrogen-bond acceptors (Lipinski definition) is 7. The molecule has 3 aromatic carbocycles. The van der Waals surface area contributed by atoms with Crippen LogP contribution < -0.4 is 24.7 Å². The summed E-state index contributed by atoms with van der Waals surface area (Å²) in [6.07, 6.45) is 0.914. The first kappa shape index (κ1) is 24.7. The van der Waals surface area contributed by atoms with Gasteiger partial charge in [0.05, 0.1) is 12.5 Å². The van der Waals surface area contributed by atoms with E-state index in [1.54, 1.807) is 18.2 Å². The molecule has 1 aliphatic rings. The highest BCUT2D eigenvalue weighted by molar-refractivity contribution is 5.74. The summed E-state index contributed by atoms with van der Waals surface area (Å²) in [5, 5.41) is 9.78. The number of hydrogen-bond donors (Lipinski definition) is 1. The molecule has 1 unspecified atom stereocenters. The molecule has 7 nitrogen and oxygen atoms in total. The van der Waals surface area contributed by atoms with Gasteiger partial charge in [0.2, 0.25) is 5.88 Å². The summed E-state index contributed by atoms with van der Waals surface area (Å²) >= 11 is 0. The van der Waals surface area contributed by atoms with E-state index in [9.17, 15) is 10.1 Å². The van der Waals surface area contributed by atoms with Crippen LogP contribution in [0, 0.1) is 25.2 Å². The average molecular weight is 485 g/mol. The molecule has 0 saturated heterocycles. The number of esters is 1. The maximum Gasteiger partial charge on any atom is 0.349 e. The smallest absolute Gasteiger partial charge is 0.349 e. The highest BCUT2D eigenvalue weighted by atomic mass is 16.6. The van der Waals surface area contributed by atoms with Crippen molar-refractivity contribution in [1.82, 2.24) is 0 Å². The van der Waals surface area contributed by atoms with Crippen LogP contribution in [0.2, 0.25) is 0 Å². The molecule has 0 aliphatic carbocycles. The topological polar surface area (TPSA) is 104 Å². The van der Waals surface area contributed by atoms with E-state index < -0.39 is 11.9 Å². The summed E-state index contributed by atoms with van der Waals surface area (Å²) in [4.78, 5) is 12.5. The van der Waals surface area contributed by atoms with Gasteiger partial charge in [0.1, 0.15) is 34.6 Å². The largest absolute Gasteiger partial charge is 0.494 e. The fraction of sp³-hybridized carbons (Fsp3) is 0.241. The molecule has 2 N–H and O–H groups in total. The Labute approximate surface area is 210 Å². The van der Waals surface area contributed by atoms with Gasteiger partial charge in [-0.3, -0.25) is 0 Å². The lowest BCUT2D eigenvalue weighted by molar-refractivity contribution is -0.136. The van der Waals surface area contributed by atoms with E-state index in [1.165, 1.54) is 0 Å². The third-order valence-electron chi connectivity index (χ3n) is 5.85. The fourth-order valence-corrected chi connectivity index (χ4v) is 4.14. The lowest BCUT2D eigenvalue weighted by Crippen LogP contribution is -2.22. The van der Waals surface area contributed by atoms with Crippen LogP contribution in [0.4, 0.5) is 0 Å². The van der Waals surface area contributed by atoms with Crippen molar-refractivity contribution in [2.45, 2.75) is 33.1 Å². The van der Waals surface area contributed by atoms with Crippen LogP contribution in [0.1, 0.15) is 41.5 Å². The summed E-state index contributed by atoms with van der Waals surface area (Å²) in [5.74, 6) is 1.18. The molecule has 0 amide bonds. The molecule has 0 spiro atoms. The third kappa shape index (κ3) is 5.28. The van der Waals surface area contributed by atoms with Crippen LogP contribution in [0.15, 0.2) is 72.1 Å². The minimum Gasteiger partial charge on any atom is -0.494 e. The Hall–Kier alpha value is -4.44. The lowest BCUT2D eigenvalue weighted by Gasteiger charge is -2.26. The van der Waals surface area contributed by atoms with Crippen LogP contribution in [-0.2, 0) is 4.79 Å². The second-order valence-corrected chi connectivity index (χ2v) is 8.53. The van der Waals surface area contributed by atoms with E-state index in [1.807, 2.05) is 63.2 Å². The molecule has 1 atom stereocenters.